The molecule has 8 heteroatoms. The van der Waals surface area contributed by atoms with Crippen LogP contribution in [-0.2, 0) is 10.3 Å². The number of hydrogen-bond acceptors (Lipinski definition) is 5. The minimum absolute atomic E-state index is 0.0235. The summed E-state index contributed by atoms with van der Waals surface area (Å²) in [6.45, 7) is 12.8. The zero-order chi connectivity index (χ0) is 17.9. The van der Waals surface area contributed by atoms with Gasteiger partial charge < -0.3 is 10.2 Å². The van der Waals surface area contributed by atoms with Crippen LogP contribution in [0.4, 0.5) is 0 Å². The van der Waals surface area contributed by atoms with Gasteiger partial charge in [0.2, 0.25) is 11.7 Å². The molecule has 8 nitrogen and oxygen atoms in total. The van der Waals surface area contributed by atoms with E-state index in [2.05, 4.69) is 20.3 Å². The summed E-state index contributed by atoms with van der Waals surface area (Å²) in [5.41, 5.74) is -0.200. The van der Waals surface area contributed by atoms with Gasteiger partial charge in [-0.05, 0) is 34.6 Å². The van der Waals surface area contributed by atoms with Crippen LogP contribution in [-0.4, -0.2) is 75.1 Å². The molecule has 0 radical (unpaired) electrons. The normalized spacial score (nSPS) is 16.5. The molecule has 2 heterocycles. The highest BCUT2D eigenvalue weighted by atomic mass is 16.2. The Kier molecular flexibility index (Phi) is 5.58. The molecule has 0 aliphatic carbocycles. The maximum Gasteiger partial charge on any atom is 0.293 e. The van der Waals surface area contributed by atoms with E-state index in [0.717, 1.165) is 0 Å². The molecule has 24 heavy (non-hydrogen) atoms. The van der Waals surface area contributed by atoms with Crippen molar-refractivity contribution in [3.8, 4) is 0 Å². The molecule has 134 valence electrons. The van der Waals surface area contributed by atoms with Crippen molar-refractivity contribution in [3.05, 3.63) is 12.2 Å². The van der Waals surface area contributed by atoms with E-state index >= 15 is 0 Å². The largest absolute Gasteiger partial charge is 0.353 e. The molecule has 1 aromatic rings. The second-order valence-corrected chi connectivity index (χ2v) is 7.47. The van der Waals surface area contributed by atoms with E-state index in [4.69, 9.17) is 0 Å². The molecule has 0 unspecified atom stereocenters. The standard InChI is InChI=1S/C16H28N6O2/c1-12(2)18-13(23)10-20-6-8-21(9-7-20)15(24)14-17-11-22(19-14)16(3,4)5/h11-12H,6-10H2,1-5H3,(H,18,23). The van der Waals surface area contributed by atoms with Gasteiger partial charge in [-0.3, -0.25) is 14.5 Å². The number of carbonyl (C=O) groups excluding carboxylic acids is 2. The summed E-state index contributed by atoms with van der Waals surface area (Å²) in [6.07, 6.45) is 1.60. The molecular formula is C16H28N6O2. The van der Waals surface area contributed by atoms with Crippen molar-refractivity contribution in [2.24, 2.45) is 0 Å². The molecule has 1 aliphatic heterocycles. The van der Waals surface area contributed by atoms with E-state index in [1.807, 2.05) is 34.6 Å². The zero-order valence-corrected chi connectivity index (χ0v) is 15.2. The second-order valence-electron chi connectivity index (χ2n) is 7.47. The van der Waals surface area contributed by atoms with Crippen LogP contribution in [0.5, 0.6) is 0 Å². The van der Waals surface area contributed by atoms with E-state index in [9.17, 15) is 9.59 Å². The summed E-state index contributed by atoms with van der Waals surface area (Å²) >= 11 is 0. The lowest BCUT2D eigenvalue weighted by Crippen LogP contribution is -2.51. The Labute approximate surface area is 143 Å². The fourth-order valence-corrected chi connectivity index (χ4v) is 2.51. The van der Waals surface area contributed by atoms with Gasteiger partial charge in [0.15, 0.2) is 0 Å². The third-order valence-electron chi connectivity index (χ3n) is 3.85. The average Bonchev–Trinajstić information content (AvgIpc) is 2.96. The van der Waals surface area contributed by atoms with Crippen LogP contribution in [0.25, 0.3) is 0 Å². The van der Waals surface area contributed by atoms with Gasteiger partial charge in [0, 0.05) is 32.2 Å². The highest BCUT2D eigenvalue weighted by Gasteiger charge is 2.26. The summed E-state index contributed by atoms with van der Waals surface area (Å²) in [5, 5.41) is 7.18. The number of nitrogens with zero attached hydrogens (tertiary/aromatic N) is 5. The van der Waals surface area contributed by atoms with Crippen LogP contribution in [0, 0.1) is 0 Å². The van der Waals surface area contributed by atoms with Crippen LogP contribution in [0.3, 0.4) is 0 Å². The van der Waals surface area contributed by atoms with Gasteiger partial charge in [-0.1, -0.05) is 0 Å². The minimum Gasteiger partial charge on any atom is -0.353 e. The van der Waals surface area contributed by atoms with Gasteiger partial charge in [0.05, 0.1) is 12.1 Å². The summed E-state index contributed by atoms with van der Waals surface area (Å²) < 4.78 is 1.70. The van der Waals surface area contributed by atoms with Crippen LogP contribution >= 0.6 is 0 Å². The predicted octanol–water partition coefficient (Wildman–Crippen LogP) is 0.316. The number of carbonyl (C=O) groups is 2. The maximum absolute atomic E-state index is 12.5. The van der Waals surface area contributed by atoms with Crippen LogP contribution in [0.15, 0.2) is 6.33 Å². The fourth-order valence-electron chi connectivity index (χ4n) is 2.51. The quantitative estimate of drug-likeness (QED) is 0.856. The molecule has 0 aromatic carbocycles. The molecule has 1 aliphatic rings. The lowest BCUT2D eigenvalue weighted by Gasteiger charge is -2.33. The van der Waals surface area contributed by atoms with E-state index < -0.39 is 0 Å². The summed E-state index contributed by atoms with van der Waals surface area (Å²) in [6, 6.07) is 0.143. The first-order valence-corrected chi connectivity index (χ1v) is 8.40. The van der Waals surface area contributed by atoms with Crippen LogP contribution in [0.2, 0.25) is 0 Å². The van der Waals surface area contributed by atoms with Crippen LogP contribution < -0.4 is 5.32 Å². The smallest absolute Gasteiger partial charge is 0.293 e. The van der Waals surface area contributed by atoms with E-state index in [1.54, 1.807) is 15.9 Å². The molecule has 0 spiro atoms. The first-order valence-electron chi connectivity index (χ1n) is 8.40. The Morgan fingerprint density at radius 1 is 1.21 bits per heavy atom. The van der Waals surface area contributed by atoms with Gasteiger partial charge in [-0.15, -0.1) is 5.10 Å². The van der Waals surface area contributed by atoms with Crippen molar-refractivity contribution in [2.45, 2.75) is 46.2 Å². The van der Waals surface area contributed by atoms with E-state index in [1.165, 1.54) is 0 Å². The third kappa shape index (κ3) is 4.77. The van der Waals surface area contributed by atoms with Crippen molar-refractivity contribution in [1.82, 2.24) is 29.9 Å². The molecular weight excluding hydrogens is 308 g/mol. The Bertz CT molecular complexity index is 582. The molecule has 0 atom stereocenters. The molecule has 1 fully saturated rings. The molecule has 2 rings (SSSR count). The first-order chi connectivity index (χ1) is 11.2. The lowest BCUT2D eigenvalue weighted by atomic mass is 10.1. The fraction of sp³-hybridized carbons (Fsp3) is 0.750. The number of rotatable bonds is 4. The Morgan fingerprint density at radius 3 is 2.33 bits per heavy atom. The average molecular weight is 336 g/mol. The second kappa shape index (κ2) is 7.29. The SMILES string of the molecule is CC(C)NC(=O)CN1CCN(C(=O)c2ncn(C(C)(C)C)n2)CC1. The van der Waals surface area contributed by atoms with E-state index in [0.29, 0.717) is 32.7 Å². The highest BCUT2D eigenvalue weighted by Crippen LogP contribution is 2.12. The third-order valence-corrected chi connectivity index (χ3v) is 3.85. The zero-order valence-electron chi connectivity index (χ0n) is 15.2. The highest BCUT2D eigenvalue weighted by molar-refractivity contribution is 5.90. The molecule has 1 aromatic heterocycles. The summed E-state index contributed by atoms with van der Waals surface area (Å²) in [7, 11) is 0. The van der Waals surface area contributed by atoms with Crippen molar-refractivity contribution < 1.29 is 9.59 Å². The molecule has 0 saturated carbocycles. The van der Waals surface area contributed by atoms with Gasteiger partial charge >= 0.3 is 0 Å². The minimum atomic E-state index is -0.200. The first kappa shape index (κ1) is 18.4. The molecule has 0 bridgehead atoms. The van der Waals surface area contributed by atoms with Crippen molar-refractivity contribution in [3.63, 3.8) is 0 Å². The maximum atomic E-state index is 12.5. The Hall–Kier alpha value is -1.96. The number of hydrogen-bond donors (Lipinski definition) is 1. The Morgan fingerprint density at radius 2 is 1.83 bits per heavy atom. The summed E-state index contributed by atoms with van der Waals surface area (Å²) in [5.74, 6) is 0.107. The van der Waals surface area contributed by atoms with Gasteiger partial charge in [-0.2, -0.15) is 0 Å². The number of aromatic nitrogens is 3. The van der Waals surface area contributed by atoms with Crippen molar-refractivity contribution >= 4 is 11.8 Å². The van der Waals surface area contributed by atoms with Gasteiger partial charge in [-0.25, -0.2) is 9.67 Å². The molecule has 1 N–H and O–H groups in total. The number of amides is 2. The predicted molar refractivity (Wildman–Crippen MR) is 90.6 cm³/mol. The lowest BCUT2D eigenvalue weighted by molar-refractivity contribution is -0.123. The number of piperazine rings is 1. The molecule has 1 saturated heterocycles. The Balaban J connectivity index is 1.87. The monoisotopic (exact) mass is 336 g/mol. The number of nitrogens with one attached hydrogen (secondary N) is 1. The van der Waals surface area contributed by atoms with Crippen molar-refractivity contribution in [2.75, 3.05) is 32.7 Å². The van der Waals surface area contributed by atoms with Crippen LogP contribution in [0.1, 0.15) is 45.2 Å². The van der Waals surface area contributed by atoms with Gasteiger partial charge in [0.25, 0.3) is 5.91 Å². The van der Waals surface area contributed by atoms with Crippen molar-refractivity contribution in [1.29, 1.82) is 0 Å². The van der Waals surface area contributed by atoms with E-state index in [-0.39, 0.29) is 29.2 Å². The summed E-state index contributed by atoms with van der Waals surface area (Å²) in [4.78, 5) is 32.3. The van der Waals surface area contributed by atoms with Gasteiger partial charge in [0.1, 0.15) is 6.33 Å². The topological polar surface area (TPSA) is 83.4 Å². The molecule has 2 amide bonds.